The Balaban J connectivity index is 2.57. The molecule has 1 aromatic heterocycles. The monoisotopic (exact) mass is 277 g/mol. The van der Waals surface area contributed by atoms with Crippen LogP contribution in [0.25, 0.3) is 11.3 Å². The van der Waals surface area contributed by atoms with Gasteiger partial charge in [-0.1, -0.05) is 0 Å². The molecule has 0 amide bonds. The highest BCUT2D eigenvalue weighted by molar-refractivity contribution is 5.71. The second kappa shape index (κ2) is 4.81. The predicted octanol–water partition coefficient (Wildman–Crippen LogP) is 3.34. The summed E-state index contributed by atoms with van der Waals surface area (Å²) in [5.41, 5.74) is 7.26. The summed E-state index contributed by atoms with van der Waals surface area (Å²) in [6, 6.07) is 4.73. The van der Waals surface area contributed by atoms with Crippen LogP contribution in [0.2, 0.25) is 0 Å². The van der Waals surface area contributed by atoms with E-state index in [1.165, 1.54) is 13.2 Å². The Morgan fingerprint density at radius 1 is 1.30 bits per heavy atom. The lowest BCUT2D eigenvalue weighted by molar-refractivity contribution is 0.386. The molecule has 0 saturated heterocycles. The number of hydrogen-bond donors (Lipinski definition) is 1. The fourth-order valence-corrected chi connectivity index (χ4v) is 2.42. The van der Waals surface area contributed by atoms with Gasteiger partial charge in [-0.15, -0.1) is 0 Å². The smallest absolute Gasteiger partial charge is 0.165 e. The lowest BCUT2D eigenvalue weighted by atomic mass is 10.1. The minimum absolute atomic E-state index is 0.176. The molecule has 1 heterocycles. The molecule has 2 rings (SSSR count). The van der Waals surface area contributed by atoms with Crippen molar-refractivity contribution in [2.24, 2.45) is 0 Å². The van der Waals surface area contributed by atoms with Crippen molar-refractivity contribution in [1.82, 2.24) is 9.55 Å². The van der Waals surface area contributed by atoms with Crippen LogP contribution in [-0.4, -0.2) is 16.7 Å². The first-order chi connectivity index (χ1) is 9.25. The molecule has 2 aromatic rings. The van der Waals surface area contributed by atoms with Gasteiger partial charge in [0.1, 0.15) is 17.3 Å². The van der Waals surface area contributed by atoms with E-state index in [0.29, 0.717) is 17.1 Å². The molecule has 0 aliphatic rings. The van der Waals surface area contributed by atoms with E-state index in [0.717, 1.165) is 5.82 Å². The molecule has 0 radical (unpaired) electrons. The van der Waals surface area contributed by atoms with Gasteiger partial charge in [0, 0.05) is 11.1 Å². The molecule has 0 spiro atoms. The van der Waals surface area contributed by atoms with Crippen LogP contribution in [0.3, 0.4) is 0 Å². The quantitative estimate of drug-likeness (QED) is 0.916. The number of aromatic nitrogens is 2. The van der Waals surface area contributed by atoms with Crippen molar-refractivity contribution in [2.45, 2.75) is 33.2 Å². The molecular weight excluding hydrogens is 257 g/mol. The Hall–Kier alpha value is -2.04. The van der Waals surface area contributed by atoms with Crippen molar-refractivity contribution in [3.63, 3.8) is 0 Å². The van der Waals surface area contributed by atoms with Gasteiger partial charge < -0.3 is 15.0 Å². The maximum absolute atomic E-state index is 13.8. The van der Waals surface area contributed by atoms with Crippen LogP contribution in [0.4, 0.5) is 10.2 Å². The van der Waals surface area contributed by atoms with E-state index < -0.39 is 5.82 Å². The average molecular weight is 277 g/mol. The molecule has 0 aliphatic heterocycles. The molecule has 108 valence electrons. The van der Waals surface area contributed by atoms with Gasteiger partial charge in [0.15, 0.2) is 11.6 Å². The zero-order chi connectivity index (χ0) is 15.1. The highest BCUT2D eigenvalue weighted by atomic mass is 19.1. The van der Waals surface area contributed by atoms with Crippen LogP contribution in [0, 0.1) is 12.7 Å². The maximum Gasteiger partial charge on any atom is 0.165 e. The number of nitrogen functional groups attached to an aromatic ring is 1. The molecule has 4 nitrogen and oxygen atoms in total. The third-order valence-electron chi connectivity index (χ3n) is 3.18. The average Bonchev–Trinajstić information content (AvgIpc) is 2.64. The van der Waals surface area contributed by atoms with Crippen LogP contribution in [0.5, 0.6) is 5.75 Å². The first-order valence-corrected chi connectivity index (χ1v) is 6.45. The van der Waals surface area contributed by atoms with E-state index in [2.05, 4.69) is 25.8 Å². The zero-order valence-electron chi connectivity index (χ0n) is 12.5. The number of methoxy groups -OCH3 is 1. The number of aryl methyl sites for hydroxylation is 1. The largest absolute Gasteiger partial charge is 0.494 e. The Morgan fingerprint density at radius 3 is 2.40 bits per heavy atom. The van der Waals surface area contributed by atoms with Crippen LogP contribution in [0.15, 0.2) is 18.2 Å². The zero-order valence-corrected chi connectivity index (χ0v) is 12.5. The molecule has 0 aliphatic carbocycles. The summed E-state index contributed by atoms with van der Waals surface area (Å²) >= 11 is 0. The fourth-order valence-electron chi connectivity index (χ4n) is 2.42. The lowest BCUT2D eigenvalue weighted by Gasteiger charge is -2.24. The maximum atomic E-state index is 13.8. The number of imidazole rings is 1. The third-order valence-corrected chi connectivity index (χ3v) is 3.18. The van der Waals surface area contributed by atoms with Crippen molar-refractivity contribution in [2.75, 3.05) is 12.8 Å². The fraction of sp³-hybridized carbons (Fsp3) is 0.400. The molecule has 5 heteroatoms. The lowest BCUT2D eigenvalue weighted by Crippen LogP contribution is -2.24. The van der Waals surface area contributed by atoms with Gasteiger partial charge in [0.05, 0.1) is 7.11 Å². The molecule has 2 N–H and O–H groups in total. The van der Waals surface area contributed by atoms with Gasteiger partial charge >= 0.3 is 0 Å². The summed E-state index contributed by atoms with van der Waals surface area (Å²) in [6.07, 6.45) is 0. The number of nitrogens with two attached hydrogens (primary N) is 1. The van der Waals surface area contributed by atoms with E-state index in [4.69, 9.17) is 10.5 Å². The number of nitrogens with zero attached hydrogens (tertiary/aromatic N) is 2. The number of anilines is 1. The van der Waals surface area contributed by atoms with Gasteiger partial charge in [-0.2, -0.15) is 0 Å². The molecule has 0 bridgehead atoms. The summed E-state index contributed by atoms with van der Waals surface area (Å²) in [5.74, 6) is 1.13. The highest BCUT2D eigenvalue weighted by Crippen LogP contribution is 2.32. The number of benzene rings is 1. The highest BCUT2D eigenvalue weighted by Gasteiger charge is 2.23. The third kappa shape index (κ3) is 2.35. The Labute approximate surface area is 118 Å². The van der Waals surface area contributed by atoms with E-state index in [-0.39, 0.29) is 11.3 Å². The summed E-state index contributed by atoms with van der Waals surface area (Å²) < 4.78 is 20.7. The van der Waals surface area contributed by atoms with Crippen LogP contribution >= 0.6 is 0 Å². The molecule has 1 aromatic carbocycles. The van der Waals surface area contributed by atoms with Gasteiger partial charge in [-0.25, -0.2) is 9.37 Å². The van der Waals surface area contributed by atoms with Crippen molar-refractivity contribution >= 4 is 5.82 Å². The standard InChI is InChI=1S/C15H20FN3O/c1-9-18-13(14(17)19(9)15(2,3)4)10-6-7-12(20-5)11(16)8-10/h6-8H,17H2,1-5H3. The van der Waals surface area contributed by atoms with Gasteiger partial charge in [-0.05, 0) is 45.9 Å². The minimum Gasteiger partial charge on any atom is -0.494 e. The minimum atomic E-state index is -0.424. The molecular formula is C15H20FN3O. The van der Waals surface area contributed by atoms with Crippen LogP contribution in [-0.2, 0) is 5.54 Å². The first kappa shape index (κ1) is 14.4. The molecule has 0 saturated carbocycles. The second-order valence-electron chi connectivity index (χ2n) is 5.75. The summed E-state index contributed by atoms with van der Waals surface area (Å²) in [5, 5.41) is 0. The van der Waals surface area contributed by atoms with Gasteiger partial charge in [0.25, 0.3) is 0 Å². The Bertz CT molecular complexity index is 641. The number of halogens is 1. The van der Waals surface area contributed by atoms with Crippen molar-refractivity contribution < 1.29 is 9.13 Å². The topological polar surface area (TPSA) is 53.1 Å². The Kier molecular flexibility index (Phi) is 3.46. The van der Waals surface area contributed by atoms with Crippen molar-refractivity contribution in [3.8, 4) is 17.0 Å². The predicted molar refractivity (Wildman–Crippen MR) is 78.3 cm³/mol. The normalized spacial score (nSPS) is 11.7. The molecule has 0 atom stereocenters. The first-order valence-electron chi connectivity index (χ1n) is 6.45. The van der Waals surface area contributed by atoms with Gasteiger partial charge in [0.2, 0.25) is 0 Å². The van der Waals surface area contributed by atoms with E-state index in [9.17, 15) is 4.39 Å². The number of rotatable bonds is 2. The second-order valence-corrected chi connectivity index (χ2v) is 5.75. The summed E-state index contributed by atoms with van der Waals surface area (Å²) in [7, 11) is 1.44. The van der Waals surface area contributed by atoms with E-state index >= 15 is 0 Å². The molecule has 0 fully saturated rings. The summed E-state index contributed by atoms with van der Waals surface area (Å²) in [4.78, 5) is 4.47. The number of hydrogen-bond acceptors (Lipinski definition) is 3. The van der Waals surface area contributed by atoms with Crippen LogP contribution in [0.1, 0.15) is 26.6 Å². The van der Waals surface area contributed by atoms with Crippen molar-refractivity contribution in [1.29, 1.82) is 0 Å². The van der Waals surface area contributed by atoms with Gasteiger partial charge in [-0.3, -0.25) is 0 Å². The van der Waals surface area contributed by atoms with Crippen LogP contribution < -0.4 is 10.5 Å². The molecule has 20 heavy (non-hydrogen) atoms. The number of ether oxygens (including phenoxy) is 1. The van der Waals surface area contributed by atoms with E-state index in [1.807, 2.05) is 11.5 Å². The SMILES string of the molecule is COc1ccc(-c2nc(C)n(C(C)(C)C)c2N)cc1F. The molecule has 0 unspecified atom stereocenters. The Morgan fingerprint density at radius 2 is 1.95 bits per heavy atom. The van der Waals surface area contributed by atoms with Crippen molar-refractivity contribution in [3.05, 3.63) is 29.8 Å². The van der Waals surface area contributed by atoms with E-state index in [1.54, 1.807) is 12.1 Å². The summed E-state index contributed by atoms with van der Waals surface area (Å²) in [6.45, 7) is 8.05.